The normalized spacial score (nSPS) is 11.7. The predicted octanol–water partition coefficient (Wildman–Crippen LogP) is 2.16. The average molecular weight is 300 g/mol. The minimum Gasteiger partial charge on any atom is -0.467 e. The van der Waals surface area contributed by atoms with Crippen molar-refractivity contribution in [3.8, 4) is 0 Å². The monoisotopic (exact) mass is 300 g/mol. The van der Waals surface area contributed by atoms with Gasteiger partial charge in [-0.3, -0.25) is 9.59 Å². The number of nitrogens with zero attached hydrogens (tertiary/aromatic N) is 1. The van der Waals surface area contributed by atoms with Gasteiger partial charge in [-0.2, -0.15) is 0 Å². The van der Waals surface area contributed by atoms with Crippen LogP contribution in [0.1, 0.15) is 24.3 Å². The summed E-state index contributed by atoms with van der Waals surface area (Å²) in [5.74, 6) is 0.385. The van der Waals surface area contributed by atoms with Gasteiger partial charge in [0.2, 0.25) is 11.8 Å². The van der Waals surface area contributed by atoms with Crippen LogP contribution in [-0.4, -0.2) is 30.3 Å². The number of carbonyl (C=O) groups is 2. The Labute approximate surface area is 129 Å². The molecule has 2 aromatic rings. The van der Waals surface area contributed by atoms with Gasteiger partial charge in [0.1, 0.15) is 5.76 Å². The lowest BCUT2D eigenvalue weighted by molar-refractivity contribution is -0.133. The molecule has 1 atom stereocenters. The highest BCUT2D eigenvalue weighted by molar-refractivity contribution is 5.85. The highest BCUT2D eigenvalue weighted by atomic mass is 16.3. The lowest BCUT2D eigenvalue weighted by atomic mass is 10.1. The molecule has 0 saturated carbocycles. The van der Waals surface area contributed by atoms with Gasteiger partial charge in [0.15, 0.2) is 0 Å². The summed E-state index contributed by atoms with van der Waals surface area (Å²) >= 11 is 0. The number of rotatable bonds is 6. The molecule has 0 fully saturated rings. The maximum atomic E-state index is 12.1. The first-order valence-corrected chi connectivity index (χ1v) is 7.17. The van der Waals surface area contributed by atoms with Crippen LogP contribution in [-0.2, 0) is 16.0 Å². The Morgan fingerprint density at radius 1 is 1.18 bits per heavy atom. The van der Waals surface area contributed by atoms with Crippen LogP contribution in [0.4, 0.5) is 0 Å². The first kappa shape index (κ1) is 15.8. The third kappa shape index (κ3) is 4.22. The lowest BCUT2D eigenvalue weighted by Gasteiger charge is -2.23. The maximum Gasteiger partial charge on any atom is 0.242 e. The van der Waals surface area contributed by atoms with Crippen LogP contribution < -0.4 is 5.32 Å². The smallest absolute Gasteiger partial charge is 0.242 e. The number of furan rings is 1. The molecule has 2 rings (SSSR count). The van der Waals surface area contributed by atoms with Crippen LogP contribution in [0, 0.1) is 0 Å². The van der Waals surface area contributed by atoms with Gasteiger partial charge in [0.05, 0.1) is 25.3 Å². The predicted molar refractivity (Wildman–Crippen MR) is 83.0 cm³/mol. The molecule has 5 nitrogen and oxygen atoms in total. The van der Waals surface area contributed by atoms with Crippen molar-refractivity contribution < 1.29 is 14.0 Å². The van der Waals surface area contributed by atoms with Gasteiger partial charge in [-0.25, -0.2) is 0 Å². The summed E-state index contributed by atoms with van der Waals surface area (Å²) in [5.41, 5.74) is 0.921. The van der Waals surface area contributed by atoms with E-state index in [4.69, 9.17) is 4.42 Å². The Kier molecular flexibility index (Phi) is 5.36. The number of nitrogens with one attached hydrogen (secondary N) is 1. The number of hydrogen-bond donors (Lipinski definition) is 1. The molecule has 1 N–H and O–H groups in total. The molecular weight excluding hydrogens is 280 g/mol. The van der Waals surface area contributed by atoms with Crippen molar-refractivity contribution in [2.45, 2.75) is 19.4 Å². The standard InChI is InChI=1S/C17H20N2O3/c1-13(15-9-6-10-22-15)19(2)17(21)12-18-16(20)11-14-7-4-3-5-8-14/h3-10,13H,11-12H2,1-2H3,(H,18,20). The van der Waals surface area contributed by atoms with Crippen LogP contribution in [0.25, 0.3) is 0 Å². The molecule has 0 aliphatic carbocycles. The molecular formula is C17H20N2O3. The van der Waals surface area contributed by atoms with Gasteiger partial charge >= 0.3 is 0 Å². The van der Waals surface area contributed by atoms with Gasteiger partial charge in [-0.05, 0) is 24.6 Å². The molecule has 22 heavy (non-hydrogen) atoms. The van der Waals surface area contributed by atoms with Gasteiger partial charge in [-0.1, -0.05) is 30.3 Å². The zero-order chi connectivity index (χ0) is 15.9. The number of carbonyl (C=O) groups excluding carboxylic acids is 2. The van der Waals surface area contributed by atoms with E-state index in [0.717, 1.165) is 5.56 Å². The summed E-state index contributed by atoms with van der Waals surface area (Å²) in [6.07, 6.45) is 1.84. The molecule has 1 aromatic heterocycles. The lowest BCUT2D eigenvalue weighted by Crippen LogP contribution is -2.39. The summed E-state index contributed by atoms with van der Waals surface area (Å²) < 4.78 is 5.29. The molecule has 0 bridgehead atoms. The molecule has 1 heterocycles. The number of likely N-dealkylation sites (N-methyl/N-ethyl adjacent to an activating group) is 1. The highest BCUT2D eigenvalue weighted by Gasteiger charge is 2.19. The van der Waals surface area contributed by atoms with Crippen molar-refractivity contribution in [1.29, 1.82) is 0 Å². The van der Waals surface area contributed by atoms with E-state index in [-0.39, 0.29) is 30.8 Å². The second kappa shape index (κ2) is 7.45. The Morgan fingerprint density at radius 2 is 1.91 bits per heavy atom. The van der Waals surface area contributed by atoms with E-state index in [9.17, 15) is 9.59 Å². The molecule has 116 valence electrons. The van der Waals surface area contributed by atoms with E-state index in [2.05, 4.69) is 5.32 Å². The molecule has 1 aromatic carbocycles. The van der Waals surface area contributed by atoms with Crippen molar-refractivity contribution in [2.24, 2.45) is 0 Å². The molecule has 1 unspecified atom stereocenters. The summed E-state index contributed by atoms with van der Waals surface area (Å²) in [4.78, 5) is 25.5. The van der Waals surface area contributed by atoms with Crippen molar-refractivity contribution >= 4 is 11.8 Å². The molecule has 0 aliphatic rings. The van der Waals surface area contributed by atoms with Gasteiger partial charge in [0.25, 0.3) is 0 Å². The van der Waals surface area contributed by atoms with E-state index in [1.165, 1.54) is 0 Å². The second-order valence-corrected chi connectivity index (χ2v) is 5.14. The molecule has 0 saturated heterocycles. The first-order valence-electron chi connectivity index (χ1n) is 7.17. The van der Waals surface area contributed by atoms with E-state index >= 15 is 0 Å². The third-order valence-electron chi connectivity index (χ3n) is 3.57. The average Bonchev–Trinajstić information content (AvgIpc) is 3.06. The van der Waals surface area contributed by atoms with E-state index in [1.807, 2.05) is 43.3 Å². The number of benzene rings is 1. The zero-order valence-corrected chi connectivity index (χ0v) is 12.8. The fraction of sp³-hybridized carbons (Fsp3) is 0.294. The number of amides is 2. The highest BCUT2D eigenvalue weighted by Crippen LogP contribution is 2.18. The summed E-state index contributed by atoms with van der Waals surface area (Å²) in [6, 6.07) is 12.9. The number of hydrogen-bond acceptors (Lipinski definition) is 3. The molecule has 2 amide bonds. The minimum atomic E-state index is -0.173. The van der Waals surface area contributed by atoms with Gasteiger partial charge in [-0.15, -0.1) is 0 Å². The Hall–Kier alpha value is -2.56. The summed E-state index contributed by atoms with van der Waals surface area (Å²) in [6.45, 7) is 1.86. The van der Waals surface area contributed by atoms with Crippen molar-refractivity contribution in [3.63, 3.8) is 0 Å². The van der Waals surface area contributed by atoms with Crippen LogP contribution in [0.5, 0.6) is 0 Å². The maximum absolute atomic E-state index is 12.1. The Morgan fingerprint density at radius 3 is 2.55 bits per heavy atom. The second-order valence-electron chi connectivity index (χ2n) is 5.14. The van der Waals surface area contributed by atoms with Crippen molar-refractivity contribution in [2.75, 3.05) is 13.6 Å². The summed E-state index contributed by atoms with van der Waals surface area (Å²) in [7, 11) is 1.69. The van der Waals surface area contributed by atoms with Crippen LogP contribution in [0.3, 0.4) is 0 Å². The van der Waals surface area contributed by atoms with Crippen LogP contribution in [0.2, 0.25) is 0 Å². The van der Waals surface area contributed by atoms with Crippen LogP contribution >= 0.6 is 0 Å². The topological polar surface area (TPSA) is 62.6 Å². The van der Waals surface area contributed by atoms with Crippen molar-refractivity contribution in [3.05, 3.63) is 60.1 Å². The minimum absolute atomic E-state index is 0.0206. The van der Waals surface area contributed by atoms with E-state index < -0.39 is 0 Å². The van der Waals surface area contributed by atoms with Gasteiger partial charge < -0.3 is 14.6 Å². The van der Waals surface area contributed by atoms with E-state index in [0.29, 0.717) is 5.76 Å². The largest absolute Gasteiger partial charge is 0.467 e. The van der Waals surface area contributed by atoms with E-state index in [1.54, 1.807) is 24.3 Å². The zero-order valence-electron chi connectivity index (χ0n) is 12.8. The van der Waals surface area contributed by atoms with Crippen molar-refractivity contribution in [1.82, 2.24) is 10.2 Å². The Bertz CT molecular complexity index is 608. The van der Waals surface area contributed by atoms with Crippen LogP contribution in [0.15, 0.2) is 53.1 Å². The SMILES string of the molecule is CC(c1ccco1)N(C)C(=O)CNC(=O)Cc1ccccc1. The van der Waals surface area contributed by atoms with Gasteiger partial charge in [0, 0.05) is 7.05 Å². The molecule has 0 aliphatic heterocycles. The first-order chi connectivity index (χ1) is 10.6. The Balaban J connectivity index is 1.80. The quantitative estimate of drug-likeness (QED) is 0.889. The molecule has 5 heteroatoms. The third-order valence-corrected chi connectivity index (χ3v) is 3.57. The fourth-order valence-corrected chi connectivity index (χ4v) is 2.08. The summed E-state index contributed by atoms with van der Waals surface area (Å²) in [5, 5.41) is 2.65. The fourth-order valence-electron chi connectivity index (χ4n) is 2.08. The molecule has 0 radical (unpaired) electrons. The molecule has 0 spiro atoms.